The molecule has 0 saturated carbocycles. The molecule has 7 heteroatoms. The zero-order valence-electron chi connectivity index (χ0n) is 20.3. The Balaban J connectivity index is 1.55. The Morgan fingerprint density at radius 3 is 2.62 bits per heavy atom. The van der Waals surface area contributed by atoms with Crippen molar-refractivity contribution in [3.63, 3.8) is 0 Å². The first kappa shape index (κ1) is 24.2. The number of hydrogen-bond acceptors (Lipinski definition) is 5. The molecule has 0 aliphatic heterocycles. The van der Waals surface area contributed by atoms with Crippen molar-refractivity contribution in [3.05, 3.63) is 70.0 Å². The highest BCUT2D eigenvalue weighted by atomic mass is 32.1. The van der Waals surface area contributed by atoms with Gasteiger partial charge in [0, 0.05) is 10.6 Å². The molecule has 34 heavy (non-hydrogen) atoms. The van der Waals surface area contributed by atoms with Gasteiger partial charge in [0.1, 0.15) is 10.8 Å². The van der Waals surface area contributed by atoms with Gasteiger partial charge in [-0.15, -0.1) is 11.3 Å². The number of thiophene rings is 1. The Morgan fingerprint density at radius 1 is 1.12 bits per heavy atom. The van der Waals surface area contributed by atoms with E-state index in [-0.39, 0.29) is 23.8 Å². The number of fused-ring (bicyclic) bond motifs is 1. The fourth-order valence-electron chi connectivity index (χ4n) is 4.43. The van der Waals surface area contributed by atoms with Crippen molar-refractivity contribution in [3.8, 4) is 0 Å². The van der Waals surface area contributed by atoms with E-state index in [1.807, 2.05) is 43.3 Å². The minimum Gasteiger partial charge on any atom is -0.468 e. The topological polar surface area (TPSA) is 83.4 Å². The van der Waals surface area contributed by atoms with E-state index >= 15 is 0 Å². The Hall–Kier alpha value is -2.90. The van der Waals surface area contributed by atoms with Gasteiger partial charge in [-0.2, -0.15) is 0 Å². The molecular formula is C27H33N3O3S. The molecule has 2 heterocycles. The van der Waals surface area contributed by atoms with Crippen LogP contribution in [0.3, 0.4) is 0 Å². The van der Waals surface area contributed by atoms with Crippen molar-refractivity contribution in [2.75, 3.05) is 17.2 Å². The van der Waals surface area contributed by atoms with Gasteiger partial charge in [-0.3, -0.25) is 9.59 Å². The normalized spacial score (nSPS) is 15.6. The van der Waals surface area contributed by atoms with Crippen LogP contribution in [-0.4, -0.2) is 18.4 Å². The highest BCUT2D eigenvalue weighted by molar-refractivity contribution is 7.17. The van der Waals surface area contributed by atoms with Gasteiger partial charge >= 0.3 is 0 Å². The van der Waals surface area contributed by atoms with Gasteiger partial charge in [-0.25, -0.2) is 0 Å². The molecule has 1 unspecified atom stereocenters. The van der Waals surface area contributed by atoms with Crippen LogP contribution in [0, 0.1) is 18.3 Å². The van der Waals surface area contributed by atoms with Crippen molar-refractivity contribution in [2.24, 2.45) is 11.3 Å². The fourth-order valence-corrected chi connectivity index (χ4v) is 5.78. The fraction of sp³-hybridized carbons (Fsp3) is 0.407. The second-order valence-corrected chi connectivity index (χ2v) is 11.1. The van der Waals surface area contributed by atoms with Crippen LogP contribution in [0.2, 0.25) is 0 Å². The molecule has 1 aromatic carbocycles. The van der Waals surface area contributed by atoms with Crippen LogP contribution in [0.5, 0.6) is 0 Å². The van der Waals surface area contributed by atoms with Gasteiger partial charge in [0.2, 0.25) is 5.91 Å². The van der Waals surface area contributed by atoms with Crippen molar-refractivity contribution in [1.82, 2.24) is 5.32 Å². The van der Waals surface area contributed by atoms with Gasteiger partial charge in [0.15, 0.2) is 0 Å². The summed E-state index contributed by atoms with van der Waals surface area (Å²) in [7, 11) is 0. The second kappa shape index (κ2) is 10.2. The third-order valence-electron chi connectivity index (χ3n) is 6.53. The van der Waals surface area contributed by atoms with E-state index in [0.29, 0.717) is 23.0 Å². The van der Waals surface area contributed by atoms with E-state index < -0.39 is 0 Å². The lowest BCUT2D eigenvalue weighted by Crippen LogP contribution is -2.28. The number of benzene rings is 1. The molecule has 180 valence electrons. The third kappa shape index (κ3) is 5.59. The molecule has 4 rings (SSSR count). The second-order valence-electron chi connectivity index (χ2n) is 10.0. The number of furan rings is 1. The first-order valence-corrected chi connectivity index (χ1v) is 12.6. The minimum atomic E-state index is -0.178. The number of rotatable bonds is 7. The van der Waals surface area contributed by atoms with Crippen LogP contribution >= 0.6 is 11.3 Å². The summed E-state index contributed by atoms with van der Waals surface area (Å²) in [6, 6.07) is 11.4. The Labute approximate surface area is 205 Å². The van der Waals surface area contributed by atoms with E-state index in [4.69, 9.17) is 4.42 Å². The molecule has 0 radical (unpaired) electrons. The number of para-hydroxylation sites is 1. The molecule has 0 bridgehead atoms. The molecule has 1 aliphatic carbocycles. The number of nitrogens with one attached hydrogen (secondary N) is 3. The molecule has 2 aromatic heterocycles. The van der Waals surface area contributed by atoms with Crippen LogP contribution in [-0.2, 0) is 24.2 Å². The zero-order chi connectivity index (χ0) is 24.3. The third-order valence-corrected chi connectivity index (χ3v) is 7.70. The SMILES string of the molecule is Cc1ccccc1NC(=O)c1c(NC(=O)CNCc2ccco2)sc2c1CCC(C(C)(C)C)C2. The quantitative estimate of drug-likeness (QED) is 0.401. The van der Waals surface area contributed by atoms with Gasteiger partial charge in [0.25, 0.3) is 5.91 Å². The molecule has 0 spiro atoms. The van der Waals surface area contributed by atoms with Crippen molar-refractivity contribution in [2.45, 2.75) is 53.5 Å². The van der Waals surface area contributed by atoms with E-state index in [0.717, 1.165) is 41.8 Å². The van der Waals surface area contributed by atoms with E-state index in [2.05, 4.69) is 36.7 Å². The predicted octanol–water partition coefficient (Wildman–Crippen LogP) is 5.78. The summed E-state index contributed by atoms with van der Waals surface area (Å²) in [6.07, 6.45) is 4.42. The Bertz CT molecular complexity index is 1160. The summed E-state index contributed by atoms with van der Waals surface area (Å²) in [5, 5.41) is 9.80. The summed E-state index contributed by atoms with van der Waals surface area (Å²) in [5.74, 6) is 0.970. The number of amides is 2. The largest absolute Gasteiger partial charge is 0.468 e. The van der Waals surface area contributed by atoms with Crippen LogP contribution in [0.15, 0.2) is 47.1 Å². The molecular weight excluding hydrogens is 446 g/mol. The molecule has 1 aliphatic rings. The van der Waals surface area contributed by atoms with Gasteiger partial charge in [-0.1, -0.05) is 39.0 Å². The van der Waals surface area contributed by atoms with Crippen LogP contribution in [0.4, 0.5) is 10.7 Å². The number of anilines is 2. The average Bonchev–Trinajstić information content (AvgIpc) is 3.41. The maximum atomic E-state index is 13.5. The van der Waals surface area contributed by atoms with E-state index in [9.17, 15) is 9.59 Å². The van der Waals surface area contributed by atoms with Gasteiger partial charge < -0.3 is 20.4 Å². The van der Waals surface area contributed by atoms with Crippen LogP contribution in [0.25, 0.3) is 0 Å². The lowest BCUT2D eigenvalue weighted by molar-refractivity contribution is -0.115. The monoisotopic (exact) mass is 479 g/mol. The maximum Gasteiger partial charge on any atom is 0.258 e. The Morgan fingerprint density at radius 2 is 1.91 bits per heavy atom. The first-order chi connectivity index (χ1) is 16.2. The summed E-state index contributed by atoms with van der Waals surface area (Å²) in [4.78, 5) is 27.4. The van der Waals surface area contributed by atoms with E-state index in [1.165, 1.54) is 4.88 Å². The van der Waals surface area contributed by atoms with Crippen LogP contribution < -0.4 is 16.0 Å². The first-order valence-electron chi connectivity index (χ1n) is 11.8. The summed E-state index contributed by atoms with van der Waals surface area (Å²) >= 11 is 1.55. The van der Waals surface area contributed by atoms with Crippen molar-refractivity contribution >= 4 is 33.8 Å². The predicted molar refractivity (Wildman–Crippen MR) is 137 cm³/mol. The Kier molecular flexibility index (Phi) is 7.24. The summed E-state index contributed by atoms with van der Waals surface area (Å²) in [6.45, 7) is 9.39. The number of hydrogen-bond donors (Lipinski definition) is 3. The molecule has 3 N–H and O–H groups in total. The highest BCUT2D eigenvalue weighted by Crippen LogP contribution is 2.44. The number of carbonyl (C=O) groups is 2. The molecule has 0 fully saturated rings. The maximum absolute atomic E-state index is 13.5. The molecule has 1 atom stereocenters. The van der Waals surface area contributed by atoms with E-state index in [1.54, 1.807) is 17.6 Å². The highest BCUT2D eigenvalue weighted by Gasteiger charge is 2.34. The molecule has 6 nitrogen and oxygen atoms in total. The number of carbonyl (C=O) groups excluding carboxylic acids is 2. The average molecular weight is 480 g/mol. The molecule has 3 aromatic rings. The zero-order valence-corrected chi connectivity index (χ0v) is 21.1. The van der Waals surface area contributed by atoms with Gasteiger partial charge in [0.05, 0.1) is 24.9 Å². The van der Waals surface area contributed by atoms with Crippen molar-refractivity contribution in [1.29, 1.82) is 0 Å². The minimum absolute atomic E-state index is 0.132. The van der Waals surface area contributed by atoms with Gasteiger partial charge in [-0.05, 0) is 66.8 Å². The number of aryl methyl sites for hydroxylation is 1. The lowest BCUT2D eigenvalue weighted by atomic mass is 9.72. The van der Waals surface area contributed by atoms with Crippen molar-refractivity contribution < 1.29 is 14.0 Å². The lowest BCUT2D eigenvalue weighted by Gasteiger charge is -2.33. The summed E-state index contributed by atoms with van der Waals surface area (Å²) < 4.78 is 5.30. The standard InChI is InChI=1S/C27H33N3O3S/c1-17-8-5-6-10-21(17)29-25(32)24-20-12-11-18(27(2,3)4)14-22(20)34-26(24)30-23(31)16-28-15-19-9-7-13-33-19/h5-10,13,18,28H,11-12,14-16H2,1-4H3,(H,29,32)(H,30,31). The summed E-state index contributed by atoms with van der Waals surface area (Å²) in [5.41, 5.74) is 3.67. The molecule has 2 amide bonds. The molecule has 0 saturated heterocycles. The van der Waals surface area contributed by atoms with Crippen LogP contribution in [0.1, 0.15) is 59.3 Å². The smallest absolute Gasteiger partial charge is 0.258 e.